The van der Waals surface area contributed by atoms with Gasteiger partial charge in [-0.3, -0.25) is 4.79 Å². The van der Waals surface area contributed by atoms with Crippen molar-refractivity contribution in [2.75, 3.05) is 13.7 Å². The number of rotatable bonds is 10. The molecule has 4 rings (SSSR count). The second-order valence-electron chi connectivity index (χ2n) is 7.88. The van der Waals surface area contributed by atoms with Crippen LogP contribution in [0.4, 0.5) is 0 Å². The van der Waals surface area contributed by atoms with Crippen molar-refractivity contribution in [3.8, 4) is 17.2 Å². The van der Waals surface area contributed by atoms with E-state index in [-0.39, 0.29) is 24.4 Å². The van der Waals surface area contributed by atoms with E-state index in [2.05, 4.69) is 4.84 Å². The lowest BCUT2D eigenvalue weighted by Crippen LogP contribution is -2.12. The maximum Gasteiger partial charge on any atom is 0.328 e. The van der Waals surface area contributed by atoms with Crippen molar-refractivity contribution in [2.24, 2.45) is 11.8 Å². The van der Waals surface area contributed by atoms with Crippen LogP contribution in [0.25, 0.3) is 0 Å². The van der Waals surface area contributed by atoms with Crippen LogP contribution in [-0.4, -0.2) is 25.4 Å². The Kier molecular flexibility index (Phi) is 6.90. The second-order valence-corrected chi connectivity index (χ2v) is 7.88. The second kappa shape index (κ2) is 10.2. The molecule has 170 valence electrons. The first kappa shape index (κ1) is 22.4. The van der Waals surface area contributed by atoms with Crippen LogP contribution in [-0.2, 0) is 16.2 Å². The lowest BCUT2D eigenvalue weighted by molar-refractivity contribution is -0.145. The van der Waals surface area contributed by atoms with Gasteiger partial charge in [-0.2, -0.15) is 5.90 Å². The normalized spacial score (nSPS) is 16.5. The van der Waals surface area contributed by atoms with Gasteiger partial charge < -0.3 is 24.5 Å². The largest absolute Gasteiger partial charge is 0.497 e. The van der Waals surface area contributed by atoms with Gasteiger partial charge >= 0.3 is 5.97 Å². The quantitative estimate of drug-likeness (QED) is 0.357. The van der Waals surface area contributed by atoms with Crippen molar-refractivity contribution in [2.45, 2.75) is 18.9 Å². The van der Waals surface area contributed by atoms with Gasteiger partial charge in [-0.1, -0.05) is 24.3 Å². The summed E-state index contributed by atoms with van der Waals surface area (Å²) in [6.45, 7) is 0.603. The van der Waals surface area contributed by atoms with Crippen LogP contribution in [0.5, 0.6) is 17.2 Å². The van der Waals surface area contributed by atoms with Gasteiger partial charge in [0.25, 0.3) is 0 Å². The van der Waals surface area contributed by atoms with E-state index in [1.165, 1.54) is 0 Å². The molecular formula is C26H26N2O5. The van der Waals surface area contributed by atoms with E-state index in [1.807, 2.05) is 72.8 Å². The van der Waals surface area contributed by atoms with Gasteiger partial charge in [0, 0.05) is 0 Å². The summed E-state index contributed by atoms with van der Waals surface area (Å²) in [5, 5.41) is 8.18. The molecule has 0 amide bonds. The lowest BCUT2D eigenvalue weighted by Gasteiger charge is -2.10. The Morgan fingerprint density at radius 1 is 0.909 bits per heavy atom. The van der Waals surface area contributed by atoms with Gasteiger partial charge in [-0.15, -0.1) is 0 Å². The molecule has 7 nitrogen and oxygen atoms in total. The van der Waals surface area contributed by atoms with Gasteiger partial charge in [0.05, 0.1) is 18.7 Å². The number of methoxy groups -OCH3 is 1. The van der Waals surface area contributed by atoms with Crippen LogP contribution in [0.1, 0.15) is 29.0 Å². The van der Waals surface area contributed by atoms with E-state index in [0.717, 1.165) is 34.6 Å². The van der Waals surface area contributed by atoms with Gasteiger partial charge in [0.2, 0.25) is 0 Å². The summed E-state index contributed by atoms with van der Waals surface area (Å²) >= 11 is 0. The monoisotopic (exact) mass is 446 g/mol. The third-order valence-corrected chi connectivity index (χ3v) is 5.67. The zero-order valence-corrected chi connectivity index (χ0v) is 18.3. The van der Waals surface area contributed by atoms with Crippen LogP contribution in [0, 0.1) is 11.3 Å². The van der Waals surface area contributed by atoms with Crippen LogP contribution in [0.3, 0.4) is 0 Å². The molecule has 33 heavy (non-hydrogen) atoms. The number of hydrogen-bond donors (Lipinski definition) is 2. The minimum absolute atomic E-state index is 0.137. The minimum Gasteiger partial charge on any atom is -0.497 e. The standard InChI is InChI=1S/C26H26N2O5/c1-30-20-10-6-19(7-11-20)25(27)16-32-21-8-2-17(3-9-21)15-31-22-12-4-18(5-13-22)23-14-24(23)26(29)33-28/h2-13,23-24,27H,14-16,28H2,1H3. The number of nitrogens with one attached hydrogen (secondary N) is 1. The molecule has 0 spiro atoms. The van der Waals surface area contributed by atoms with Crippen LogP contribution in [0.2, 0.25) is 0 Å². The van der Waals surface area contributed by atoms with E-state index in [9.17, 15) is 4.79 Å². The highest BCUT2D eigenvalue weighted by Crippen LogP contribution is 2.48. The van der Waals surface area contributed by atoms with Crippen molar-refractivity contribution < 1.29 is 23.8 Å². The summed E-state index contributed by atoms with van der Waals surface area (Å²) in [7, 11) is 1.61. The summed E-state index contributed by atoms with van der Waals surface area (Å²) in [6, 6.07) is 22.7. The minimum atomic E-state index is -0.356. The smallest absolute Gasteiger partial charge is 0.328 e. The maximum absolute atomic E-state index is 11.5. The Balaban J connectivity index is 1.23. The summed E-state index contributed by atoms with van der Waals surface area (Å²) in [4.78, 5) is 15.8. The number of hydrogen-bond acceptors (Lipinski definition) is 7. The van der Waals surface area contributed by atoms with Crippen LogP contribution in [0.15, 0.2) is 72.8 Å². The summed E-state index contributed by atoms with van der Waals surface area (Å²) in [5.41, 5.74) is 3.28. The highest BCUT2D eigenvalue weighted by atomic mass is 16.7. The molecule has 0 aromatic heterocycles. The molecule has 1 saturated carbocycles. The average molecular weight is 447 g/mol. The lowest BCUT2D eigenvalue weighted by atomic mass is 10.1. The number of carbonyl (C=O) groups excluding carboxylic acids is 1. The third kappa shape index (κ3) is 5.70. The van der Waals surface area contributed by atoms with E-state index >= 15 is 0 Å². The molecule has 2 unspecified atom stereocenters. The summed E-state index contributed by atoms with van der Waals surface area (Å²) in [5.74, 6) is 6.84. The molecule has 0 bridgehead atoms. The van der Waals surface area contributed by atoms with Crippen molar-refractivity contribution in [1.82, 2.24) is 0 Å². The first-order valence-electron chi connectivity index (χ1n) is 10.6. The molecule has 3 aromatic carbocycles. The van der Waals surface area contributed by atoms with Crippen molar-refractivity contribution >= 4 is 11.7 Å². The van der Waals surface area contributed by atoms with Crippen molar-refractivity contribution in [3.63, 3.8) is 0 Å². The fourth-order valence-corrected chi connectivity index (χ4v) is 3.60. The highest BCUT2D eigenvalue weighted by Gasteiger charge is 2.45. The number of carbonyl (C=O) groups is 1. The molecule has 0 aliphatic heterocycles. The molecule has 1 aliphatic rings. The van der Waals surface area contributed by atoms with E-state index in [4.69, 9.17) is 25.5 Å². The molecule has 0 heterocycles. The molecule has 2 atom stereocenters. The van der Waals surface area contributed by atoms with Gasteiger partial charge in [0.1, 0.15) is 30.5 Å². The fourth-order valence-electron chi connectivity index (χ4n) is 3.60. The topological polar surface area (TPSA) is 104 Å². The first-order valence-corrected chi connectivity index (χ1v) is 10.6. The number of nitrogens with two attached hydrogens (primary N) is 1. The molecule has 0 radical (unpaired) electrons. The van der Waals surface area contributed by atoms with Crippen LogP contribution >= 0.6 is 0 Å². The Morgan fingerprint density at radius 2 is 1.52 bits per heavy atom. The zero-order valence-electron chi connectivity index (χ0n) is 18.3. The molecule has 1 aliphatic carbocycles. The number of benzene rings is 3. The predicted octanol–water partition coefficient (Wildman–Crippen LogP) is 4.24. The fraction of sp³-hybridized carbons (Fsp3) is 0.231. The van der Waals surface area contributed by atoms with Crippen molar-refractivity contribution in [1.29, 1.82) is 5.41 Å². The summed E-state index contributed by atoms with van der Waals surface area (Å²) < 4.78 is 16.7. The zero-order chi connectivity index (χ0) is 23.2. The average Bonchev–Trinajstić information content (AvgIpc) is 3.67. The summed E-state index contributed by atoms with van der Waals surface area (Å²) in [6.07, 6.45) is 0.768. The van der Waals surface area contributed by atoms with E-state index < -0.39 is 0 Å². The molecule has 1 fully saturated rings. The molecule has 7 heteroatoms. The molecule has 3 aromatic rings. The Labute approximate surface area is 192 Å². The van der Waals surface area contributed by atoms with Crippen LogP contribution < -0.4 is 20.1 Å². The van der Waals surface area contributed by atoms with Gasteiger partial charge in [0.15, 0.2) is 0 Å². The Morgan fingerprint density at radius 3 is 2.15 bits per heavy atom. The first-order chi connectivity index (χ1) is 16.1. The van der Waals surface area contributed by atoms with E-state index in [1.54, 1.807) is 7.11 Å². The highest BCUT2D eigenvalue weighted by molar-refractivity contribution is 5.99. The van der Waals surface area contributed by atoms with Crippen molar-refractivity contribution in [3.05, 3.63) is 89.5 Å². The molecular weight excluding hydrogens is 420 g/mol. The third-order valence-electron chi connectivity index (χ3n) is 5.67. The Bertz CT molecular complexity index is 1100. The molecule has 3 N–H and O–H groups in total. The number of ether oxygens (including phenoxy) is 3. The van der Waals surface area contributed by atoms with Gasteiger partial charge in [-0.25, -0.2) is 0 Å². The predicted molar refractivity (Wildman–Crippen MR) is 124 cm³/mol. The molecule has 0 saturated heterocycles. The van der Waals surface area contributed by atoms with E-state index in [0.29, 0.717) is 18.1 Å². The Hall–Kier alpha value is -3.84. The van der Waals surface area contributed by atoms with Gasteiger partial charge in [-0.05, 0) is 77.6 Å². The SMILES string of the molecule is COc1ccc(C(=N)COc2ccc(COc3ccc(C4CC4C(=O)ON)cc3)cc2)cc1. The maximum atomic E-state index is 11.5.